The first-order valence-corrected chi connectivity index (χ1v) is 12.4. The third-order valence-electron chi connectivity index (χ3n) is 6.55. The highest BCUT2D eigenvalue weighted by atomic mass is 79.9. The summed E-state index contributed by atoms with van der Waals surface area (Å²) >= 11 is 3.67. The summed E-state index contributed by atoms with van der Waals surface area (Å²) in [5, 5.41) is 7.27. The highest BCUT2D eigenvalue weighted by Gasteiger charge is 2.27. The zero-order valence-electron chi connectivity index (χ0n) is 19.1. The van der Waals surface area contributed by atoms with Crippen molar-refractivity contribution in [3.63, 3.8) is 0 Å². The number of aromatic amines is 1. The molecule has 0 radical (unpaired) electrons. The van der Waals surface area contributed by atoms with Crippen molar-refractivity contribution >= 4 is 50.2 Å². The minimum absolute atomic E-state index is 0.222. The van der Waals surface area contributed by atoms with Crippen LogP contribution in [0.25, 0.3) is 11.0 Å². The summed E-state index contributed by atoms with van der Waals surface area (Å²) in [5.41, 5.74) is 3.75. The maximum absolute atomic E-state index is 12.9. The number of rotatable bonds is 5. The zero-order valence-corrected chi connectivity index (χ0v) is 20.7. The van der Waals surface area contributed by atoms with Gasteiger partial charge in [0, 0.05) is 63.4 Å². The molecule has 2 saturated heterocycles. The molecular weight excluding hydrogens is 498 g/mol. The number of aryl methyl sites for hydroxylation is 1. The summed E-state index contributed by atoms with van der Waals surface area (Å²) < 4.78 is 0.849. The van der Waals surface area contributed by atoms with E-state index in [0.717, 1.165) is 40.5 Å². The van der Waals surface area contributed by atoms with E-state index in [4.69, 9.17) is 0 Å². The van der Waals surface area contributed by atoms with Crippen LogP contribution in [-0.4, -0.2) is 70.4 Å². The second kappa shape index (κ2) is 9.71. The van der Waals surface area contributed by atoms with Crippen LogP contribution in [0.5, 0.6) is 0 Å². The standard InChI is InChI=1S/C24H28BrN7O2/c1-15-9-16(12-26-11-15)24(34)30-19-14-29-23-21(19)22(18(25)13-28-23)32-7-5-31(6-8-32)20(33)10-17-3-2-4-27-17/h9,11-14,17,27H,2-8,10H2,1H3,(H,28,29)(H,30,34). The molecule has 5 rings (SSSR count). The molecule has 0 aromatic carbocycles. The summed E-state index contributed by atoms with van der Waals surface area (Å²) in [6.07, 6.45) is 9.61. The molecule has 0 spiro atoms. The minimum Gasteiger partial charge on any atom is -0.366 e. The van der Waals surface area contributed by atoms with Crippen molar-refractivity contribution in [1.29, 1.82) is 0 Å². The van der Waals surface area contributed by atoms with Gasteiger partial charge in [-0.05, 0) is 53.9 Å². The largest absolute Gasteiger partial charge is 0.366 e. The second-order valence-electron chi connectivity index (χ2n) is 8.95. The Bertz CT molecular complexity index is 1210. The van der Waals surface area contributed by atoms with Crippen LogP contribution in [-0.2, 0) is 4.79 Å². The predicted molar refractivity (Wildman–Crippen MR) is 135 cm³/mol. The molecule has 3 aromatic rings. The fourth-order valence-corrected chi connectivity index (χ4v) is 5.34. The van der Waals surface area contributed by atoms with Crippen LogP contribution in [0.1, 0.15) is 35.2 Å². The average Bonchev–Trinajstić information content (AvgIpc) is 3.49. The Morgan fingerprint density at radius 3 is 2.76 bits per heavy atom. The number of aromatic nitrogens is 3. The molecule has 178 valence electrons. The van der Waals surface area contributed by atoms with Crippen molar-refractivity contribution in [3.8, 4) is 0 Å². The monoisotopic (exact) mass is 525 g/mol. The fraction of sp³-hybridized carbons (Fsp3) is 0.417. The van der Waals surface area contributed by atoms with Crippen LogP contribution in [0.2, 0.25) is 0 Å². The zero-order chi connectivity index (χ0) is 23.7. The number of nitrogens with one attached hydrogen (secondary N) is 3. The molecule has 0 aliphatic carbocycles. The van der Waals surface area contributed by atoms with Gasteiger partial charge in [0.05, 0.1) is 26.8 Å². The van der Waals surface area contributed by atoms with Gasteiger partial charge in [0.15, 0.2) is 0 Å². The molecule has 5 heterocycles. The van der Waals surface area contributed by atoms with Gasteiger partial charge in [-0.2, -0.15) is 0 Å². The molecule has 3 aromatic heterocycles. The predicted octanol–water partition coefficient (Wildman–Crippen LogP) is 3.07. The number of hydrogen-bond donors (Lipinski definition) is 3. The molecule has 1 unspecified atom stereocenters. The number of amides is 2. The topological polar surface area (TPSA) is 106 Å². The van der Waals surface area contributed by atoms with Crippen LogP contribution in [0.4, 0.5) is 11.4 Å². The van der Waals surface area contributed by atoms with Crippen molar-refractivity contribution in [2.45, 2.75) is 32.2 Å². The van der Waals surface area contributed by atoms with E-state index in [0.29, 0.717) is 55.5 Å². The smallest absolute Gasteiger partial charge is 0.257 e. The van der Waals surface area contributed by atoms with Gasteiger partial charge in [-0.1, -0.05) is 0 Å². The first kappa shape index (κ1) is 22.8. The molecule has 2 fully saturated rings. The van der Waals surface area contributed by atoms with Crippen LogP contribution in [0.15, 0.2) is 35.3 Å². The maximum atomic E-state index is 12.9. The molecule has 10 heteroatoms. The molecule has 34 heavy (non-hydrogen) atoms. The number of hydrogen-bond acceptors (Lipinski definition) is 6. The summed E-state index contributed by atoms with van der Waals surface area (Å²) in [5.74, 6) is -0.00156. The molecule has 0 bridgehead atoms. The summed E-state index contributed by atoms with van der Waals surface area (Å²) in [6, 6.07) is 2.12. The Labute approximate surface area is 206 Å². The highest BCUT2D eigenvalue weighted by Crippen LogP contribution is 2.38. The van der Waals surface area contributed by atoms with E-state index in [9.17, 15) is 9.59 Å². The van der Waals surface area contributed by atoms with E-state index in [1.165, 1.54) is 0 Å². The molecule has 3 N–H and O–H groups in total. The van der Waals surface area contributed by atoms with Gasteiger partial charge < -0.3 is 25.4 Å². The lowest BCUT2D eigenvalue weighted by Crippen LogP contribution is -2.49. The number of pyridine rings is 2. The van der Waals surface area contributed by atoms with E-state index in [2.05, 4.69) is 46.4 Å². The summed E-state index contributed by atoms with van der Waals surface area (Å²) in [6.45, 7) is 5.67. The van der Waals surface area contributed by atoms with E-state index < -0.39 is 0 Å². The van der Waals surface area contributed by atoms with Crippen molar-refractivity contribution in [2.24, 2.45) is 0 Å². The lowest BCUT2D eigenvalue weighted by molar-refractivity contribution is -0.131. The Morgan fingerprint density at radius 2 is 2.03 bits per heavy atom. The number of nitrogens with zero attached hydrogens (tertiary/aromatic N) is 4. The van der Waals surface area contributed by atoms with Crippen LogP contribution < -0.4 is 15.5 Å². The van der Waals surface area contributed by atoms with E-state index in [1.54, 1.807) is 24.8 Å². The molecule has 0 saturated carbocycles. The number of carbonyl (C=O) groups excluding carboxylic acids is 2. The number of H-pyrrole nitrogens is 1. The third-order valence-corrected chi connectivity index (χ3v) is 7.13. The van der Waals surface area contributed by atoms with Crippen molar-refractivity contribution in [3.05, 3.63) is 46.5 Å². The molecule has 2 amide bonds. The first-order chi connectivity index (χ1) is 16.5. The highest BCUT2D eigenvalue weighted by molar-refractivity contribution is 9.10. The lowest BCUT2D eigenvalue weighted by atomic mass is 10.1. The molecule has 2 aliphatic rings. The molecule has 2 aliphatic heterocycles. The van der Waals surface area contributed by atoms with Crippen LogP contribution in [0.3, 0.4) is 0 Å². The Kier molecular flexibility index (Phi) is 6.51. The normalized spacial score (nSPS) is 18.5. The van der Waals surface area contributed by atoms with Gasteiger partial charge in [-0.3, -0.25) is 14.6 Å². The number of halogens is 1. The van der Waals surface area contributed by atoms with Gasteiger partial charge in [-0.25, -0.2) is 4.98 Å². The fourth-order valence-electron chi connectivity index (χ4n) is 4.79. The summed E-state index contributed by atoms with van der Waals surface area (Å²) in [4.78, 5) is 41.6. The number of piperazine rings is 1. The van der Waals surface area contributed by atoms with Gasteiger partial charge in [0.25, 0.3) is 5.91 Å². The van der Waals surface area contributed by atoms with Crippen molar-refractivity contribution in [1.82, 2.24) is 25.2 Å². The molecule has 9 nitrogen and oxygen atoms in total. The minimum atomic E-state index is -0.223. The van der Waals surface area contributed by atoms with Gasteiger partial charge in [-0.15, -0.1) is 0 Å². The average molecular weight is 526 g/mol. The van der Waals surface area contributed by atoms with Gasteiger partial charge >= 0.3 is 0 Å². The molecular formula is C24H28BrN7O2. The Morgan fingerprint density at radius 1 is 1.21 bits per heavy atom. The van der Waals surface area contributed by atoms with Gasteiger partial charge in [0.2, 0.25) is 5.91 Å². The number of fused-ring (bicyclic) bond motifs is 1. The summed E-state index contributed by atoms with van der Waals surface area (Å²) in [7, 11) is 0. The molecule has 1 atom stereocenters. The lowest BCUT2D eigenvalue weighted by Gasteiger charge is -2.37. The van der Waals surface area contributed by atoms with Gasteiger partial charge in [0.1, 0.15) is 5.65 Å². The van der Waals surface area contributed by atoms with E-state index in [1.807, 2.05) is 17.9 Å². The van der Waals surface area contributed by atoms with Crippen LogP contribution in [0, 0.1) is 6.92 Å². The van der Waals surface area contributed by atoms with E-state index >= 15 is 0 Å². The second-order valence-corrected chi connectivity index (χ2v) is 9.81. The first-order valence-electron chi connectivity index (χ1n) is 11.6. The van der Waals surface area contributed by atoms with Crippen LogP contribution >= 0.6 is 15.9 Å². The quantitative estimate of drug-likeness (QED) is 0.472. The Hall–Kier alpha value is -2.98. The van der Waals surface area contributed by atoms with Crippen molar-refractivity contribution in [2.75, 3.05) is 42.9 Å². The third kappa shape index (κ3) is 4.65. The number of anilines is 2. The maximum Gasteiger partial charge on any atom is 0.257 e. The Balaban J connectivity index is 1.34. The van der Waals surface area contributed by atoms with Crippen molar-refractivity contribution < 1.29 is 9.59 Å². The SMILES string of the molecule is Cc1cncc(C(=O)Nc2c[nH]c3ncc(Br)c(N4CCN(C(=O)CC5CCCN5)CC4)c23)c1. The number of carbonyl (C=O) groups is 2. The van der Waals surface area contributed by atoms with E-state index in [-0.39, 0.29) is 11.8 Å².